The molecule has 0 amide bonds. The topological polar surface area (TPSA) is 103 Å². The average molecular weight is 295 g/mol. The second kappa shape index (κ2) is 5.62. The quantitative estimate of drug-likeness (QED) is 0.510. The molecule has 2 rings (SSSR count). The van der Waals surface area contributed by atoms with Crippen LogP contribution >= 0.6 is 11.6 Å². The van der Waals surface area contributed by atoms with E-state index < -0.39 is 4.92 Å². The predicted octanol–water partition coefficient (Wildman–Crippen LogP) is 2.98. The van der Waals surface area contributed by atoms with Gasteiger partial charge in [0, 0.05) is 17.8 Å². The molecule has 1 heterocycles. The molecule has 0 saturated carbocycles. The number of nitrogen functional groups attached to an aromatic ring is 1. The van der Waals surface area contributed by atoms with Crippen LogP contribution in [-0.4, -0.2) is 17.0 Å². The zero-order valence-corrected chi connectivity index (χ0v) is 11.2. The number of pyridine rings is 1. The number of benzene rings is 1. The number of nitrogens with two attached hydrogens (primary N) is 1. The highest BCUT2D eigenvalue weighted by molar-refractivity contribution is 6.33. The van der Waals surface area contributed by atoms with E-state index >= 15 is 0 Å². The Kier molecular flexibility index (Phi) is 3.90. The van der Waals surface area contributed by atoms with E-state index in [1.807, 2.05) is 0 Å². The Hall–Kier alpha value is -2.54. The third kappa shape index (κ3) is 2.89. The molecule has 0 aliphatic carbocycles. The molecule has 0 bridgehead atoms. The molecule has 3 N–H and O–H groups in total. The van der Waals surface area contributed by atoms with Crippen LogP contribution in [0.25, 0.3) is 0 Å². The molecule has 8 heteroatoms. The van der Waals surface area contributed by atoms with Crippen LogP contribution in [0.2, 0.25) is 5.02 Å². The van der Waals surface area contributed by atoms with E-state index in [4.69, 9.17) is 22.1 Å². The third-order valence-corrected chi connectivity index (χ3v) is 2.83. The van der Waals surface area contributed by atoms with Crippen LogP contribution in [0.15, 0.2) is 30.3 Å². The van der Waals surface area contributed by atoms with Crippen molar-refractivity contribution in [2.75, 3.05) is 18.2 Å². The average Bonchev–Trinajstić information content (AvgIpc) is 2.42. The highest BCUT2D eigenvalue weighted by Gasteiger charge is 2.17. The van der Waals surface area contributed by atoms with Crippen molar-refractivity contribution in [3.05, 3.63) is 45.5 Å². The first-order chi connectivity index (χ1) is 9.51. The van der Waals surface area contributed by atoms with Gasteiger partial charge in [-0.1, -0.05) is 11.6 Å². The number of nitrogens with zero attached hydrogens (tertiary/aromatic N) is 2. The van der Waals surface area contributed by atoms with E-state index in [9.17, 15) is 10.1 Å². The number of aromatic nitrogens is 1. The lowest BCUT2D eigenvalue weighted by Crippen LogP contribution is -2.02. The summed E-state index contributed by atoms with van der Waals surface area (Å²) in [6.45, 7) is 0. The molecule has 7 nitrogen and oxygen atoms in total. The van der Waals surface area contributed by atoms with Crippen LogP contribution in [0.3, 0.4) is 0 Å². The molecule has 0 spiro atoms. The van der Waals surface area contributed by atoms with E-state index in [1.54, 1.807) is 18.2 Å². The van der Waals surface area contributed by atoms with E-state index in [0.717, 1.165) is 0 Å². The monoisotopic (exact) mass is 294 g/mol. The van der Waals surface area contributed by atoms with Crippen molar-refractivity contribution >= 4 is 34.5 Å². The van der Waals surface area contributed by atoms with Gasteiger partial charge in [0.1, 0.15) is 0 Å². The Morgan fingerprint density at radius 2 is 2.15 bits per heavy atom. The first kappa shape index (κ1) is 13.9. The van der Waals surface area contributed by atoms with Crippen molar-refractivity contribution in [1.29, 1.82) is 0 Å². The molecule has 0 aliphatic rings. The highest BCUT2D eigenvalue weighted by Crippen LogP contribution is 2.32. The highest BCUT2D eigenvalue weighted by atomic mass is 35.5. The molecule has 0 unspecified atom stereocenters. The summed E-state index contributed by atoms with van der Waals surface area (Å²) in [5, 5.41) is 14.2. The molecular formula is C12H11ClN4O3. The number of nitrogens with one attached hydrogen (secondary N) is 1. The molecule has 104 valence electrons. The third-order valence-electron chi connectivity index (χ3n) is 2.50. The summed E-state index contributed by atoms with van der Waals surface area (Å²) in [5.41, 5.74) is 6.37. The minimum absolute atomic E-state index is 0.0295. The van der Waals surface area contributed by atoms with Crippen LogP contribution in [-0.2, 0) is 0 Å². The fraction of sp³-hybridized carbons (Fsp3) is 0.0833. The Morgan fingerprint density at radius 3 is 2.80 bits per heavy atom. The second-order valence-electron chi connectivity index (χ2n) is 3.84. The van der Waals surface area contributed by atoms with Gasteiger partial charge in [0.25, 0.3) is 0 Å². The van der Waals surface area contributed by atoms with Crippen molar-refractivity contribution in [1.82, 2.24) is 4.98 Å². The van der Waals surface area contributed by atoms with Crippen LogP contribution < -0.4 is 15.8 Å². The Morgan fingerprint density at radius 1 is 1.40 bits per heavy atom. The summed E-state index contributed by atoms with van der Waals surface area (Å²) >= 11 is 6.00. The molecule has 0 radical (unpaired) electrons. The molecule has 0 atom stereocenters. The number of nitro groups is 1. The minimum Gasteiger partial charge on any atom is -0.481 e. The van der Waals surface area contributed by atoms with Crippen LogP contribution in [0.1, 0.15) is 0 Å². The van der Waals surface area contributed by atoms with Crippen molar-refractivity contribution < 1.29 is 9.66 Å². The number of hydrogen-bond donors (Lipinski definition) is 2. The largest absolute Gasteiger partial charge is 0.481 e. The van der Waals surface area contributed by atoms with Gasteiger partial charge in [-0.25, -0.2) is 0 Å². The normalized spacial score (nSPS) is 10.1. The predicted molar refractivity (Wildman–Crippen MR) is 76.6 cm³/mol. The molecule has 1 aromatic heterocycles. The number of anilines is 3. The molecule has 0 fully saturated rings. The molecule has 0 saturated heterocycles. The standard InChI is InChI=1S/C12H11ClN4O3/c1-20-11-5-4-10(17(18)19)12(16-11)15-9-6-7(14)2-3-8(9)13/h2-6H,14H2,1H3,(H,15,16). The van der Waals surface area contributed by atoms with Crippen molar-refractivity contribution in [2.24, 2.45) is 0 Å². The maximum atomic E-state index is 11.0. The van der Waals surface area contributed by atoms with Gasteiger partial charge in [0.05, 0.1) is 22.7 Å². The first-order valence-corrected chi connectivity index (χ1v) is 5.90. The van der Waals surface area contributed by atoms with Gasteiger partial charge in [-0.15, -0.1) is 0 Å². The van der Waals surface area contributed by atoms with Crippen molar-refractivity contribution in [3.63, 3.8) is 0 Å². The SMILES string of the molecule is COc1ccc([N+](=O)[O-])c(Nc2cc(N)ccc2Cl)n1. The zero-order valence-electron chi connectivity index (χ0n) is 10.5. The number of hydrogen-bond acceptors (Lipinski definition) is 6. The second-order valence-corrected chi connectivity index (χ2v) is 4.25. The lowest BCUT2D eigenvalue weighted by atomic mass is 10.2. The fourth-order valence-corrected chi connectivity index (χ4v) is 1.72. The summed E-state index contributed by atoms with van der Waals surface area (Å²) in [6.07, 6.45) is 0. The van der Waals surface area contributed by atoms with Crippen LogP contribution in [0.4, 0.5) is 22.9 Å². The number of ether oxygens (including phenoxy) is 1. The van der Waals surface area contributed by atoms with Gasteiger partial charge < -0.3 is 15.8 Å². The Balaban J connectivity index is 2.45. The Labute approximate surface area is 119 Å². The lowest BCUT2D eigenvalue weighted by Gasteiger charge is -2.09. The van der Waals surface area contributed by atoms with Gasteiger partial charge in [0.2, 0.25) is 11.7 Å². The molecule has 0 aliphatic heterocycles. The van der Waals surface area contributed by atoms with Crippen molar-refractivity contribution in [2.45, 2.75) is 0 Å². The van der Waals surface area contributed by atoms with E-state index in [2.05, 4.69) is 10.3 Å². The number of rotatable bonds is 4. The van der Waals surface area contributed by atoms with Crippen molar-refractivity contribution in [3.8, 4) is 5.88 Å². The van der Waals surface area contributed by atoms with Crippen LogP contribution in [0.5, 0.6) is 5.88 Å². The first-order valence-electron chi connectivity index (χ1n) is 5.52. The molecule has 20 heavy (non-hydrogen) atoms. The number of halogens is 1. The summed E-state index contributed by atoms with van der Waals surface area (Å²) in [6, 6.07) is 7.48. The lowest BCUT2D eigenvalue weighted by molar-refractivity contribution is -0.384. The van der Waals surface area contributed by atoms with Crippen LogP contribution in [0, 0.1) is 10.1 Å². The molecule has 1 aromatic carbocycles. The van der Waals surface area contributed by atoms with Gasteiger partial charge in [-0.05, 0) is 18.2 Å². The Bertz CT molecular complexity index is 663. The zero-order chi connectivity index (χ0) is 14.7. The summed E-state index contributed by atoms with van der Waals surface area (Å²) in [4.78, 5) is 14.4. The van der Waals surface area contributed by atoms with Gasteiger partial charge in [-0.3, -0.25) is 10.1 Å². The van der Waals surface area contributed by atoms with E-state index in [-0.39, 0.29) is 17.4 Å². The molecule has 2 aromatic rings. The van der Waals surface area contributed by atoms with Gasteiger partial charge in [0.15, 0.2) is 0 Å². The minimum atomic E-state index is -0.547. The summed E-state index contributed by atoms with van der Waals surface area (Å²) < 4.78 is 4.95. The summed E-state index contributed by atoms with van der Waals surface area (Å²) in [5.74, 6) is 0.278. The maximum Gasteiger partial charge on any atom is 0.311 e. The smallest absolute Gasteiger partial charge is 0.311 e. The van der Waals surface area contributed by atoms with Gasteiger partial charge >= 0.3 is 5.69 Å². The fourth-order valence-electron chi connectivity index (χ4n) is 1.55. The molecular weight excluding hydrogens is 284 g/mol. The van der Waals surface area contributed by atoms with E-state index in [0.29, 0.717) is 16.4 Å². The van der Waals surface area contributed by atoms with E-state index in [1.165, 1.54) is 19.2 Å². The summed E-state index contributed by atoms with van der Waals surface area (Å²) in [7, 11) is 1.42. The maximum absolute atomic E-state index is 11.0. The van der Waals surface area contributed by atoms with Gasteiger partial charge in [-0.2, -0.15) is 4.98 Å². The number of methoxy groups -OCH3 is 1.